The SMILES string of the molecule is Cc1ccc(Cn2nc3n(c(=O)c2=O)CC2CN(C(=O)c4cnccn4)CC32)cc1. The van der Waals surface area contributed by atoms with E-state index in [1.807, 2.05) is 31.2 Å². The third-order valence-corrected chi connectivity index (χ3v) is 5.87. The lowest BCUT2D eigenvalue weighted by Gasteiger charge is -2.17. The maximum absolute atomic E-state index is 12.7. The number of carbonyl (C=O) groups is 1. The molecule has 0 bridgehead atoms. The number of benzene rings is 1. The second-order valence-electron chi connectivity index (χ2n) is 7.89. The summed E-state index contributed by atoms with van der Waals surface area (Å²) in [7, 11) is 0. The van der Waals surface area contributed by atoms with E-state index in [1.165, 1.54) is 27.8 Å². The van der Waals surface area contributed by atoms with Gasteiger partial charge in [-0.05, 0) is 12.5 Å². The van der Waals surface area contributed by atoms with Crippen molar-refractivity contribution in [2.45, 2.75) is 25.9 Å². The Balaban J connectivity index is 1.44. The summed E-state index contributed by atoms with van der Waals surface area (Å²) in [6.07, 6.45) is 4.46. The van der Waals surface area contributed by atoms with Gasteiger partial charge in [0.15, 0.2) is 0 Å². The first-order valence-corrected chi connectivity index (χ1v) is 9.84. The number of likely N-dealkylation sites (tertiary alicyclic amines) is 1. The summed E-state index contributed by atoms with van der Waals surface area (Å²) in [4.78, 5) is 47.7. The molecule has 30 heavy (non-hydrogen) atoms. The van der Waals surface area contributed by atoms with Crippen molar-refractivity contribution in [2.75, 3.05) is 13.1 Å². The maximum atomic E-state index is 12.7. The molecule has 0 spiro atoms. The molecule has 1 aromatic carbocycles. The molecule has 2 atom stereocenters. The molecular weight excluding hydrogens is 384 g/mol. The summed E-state index contributed by atoms with van der Waals surface area (Å²) < 4.78 is 2.72. The predicted octanol–water partition coefficient (Wildman–Crippen LogP) is 0.421. The van der Waals surface area contributed by atoms with Crippen LogP contribution in [0, 0.1) is 12.8 Å². The molecule has 2 unspecified atom stereocenters. The van der Waals surface area contributed by atoms with Crippen LogP contribution in [0.5, 0.6) is 0 Å². The first-order chi connectivity index (χ1) is 14.5. The summed E-state index contributed by atoms with van der Waals surface area (Å²) in [5, 5.41) is 4.54. The van der Waals surface area contributed by atoms with Crippen molar-refractivity contribution >= 4 is 5.91 Å². The molecule has 5 rings (SSSR count). The lowest BCUT2D eigenvalue weighted by Crippen LogP contribution is -2.44. The van der Waals surface area contributed by atoms with E-state index in [0.29, 0.717) is 31.2 Å². The Bertz CT molecular complexity index is 1230. The molecule has 9 nitrogen and oxygen atoms in total. The van der Waals surface area contributed by atoms with Crippen LogP contribution in [0.4, 0.5) is 0 Å². The Labute approximate surface area is 171 Å². The molecule has 2 aromatic heterocycles. The number of fused-ring (bicyclic) bond motifs is 3. The molecule has 1 saturated heterocycles. The second-order valence-corrected chi connectivity index (χ2v) is 7.89. The summed E-state index contributed by atoms with van der Waals surface area (Å²) >= 11 is 0. The molecule has 1 fully saturated rings. The number of amides is 1. The van der Waals surface area contributed by atoms with E-state index in [1.54, 1.807) is 4.90 Å². The van der Waals surface area contributed by atoms with E-state index in [9.17, 15) is 14.4 Å². The summed E-state index contributed by atoms with van der Waals surface area (Å²) in [6.45, 7) is 3.56. The predicted molar refractivity (Wildman–Crippen MR) is 107 cm³/mol. The van der Waals surface area contributed by atoms with Crippen LogP contribution in [-0.4, -0.2) is 48.2 Å². The van der Waals surface area contributed by atoms with Gasteiger partial charge in [-0.1, -0.05) is 29.8 Å². The highest BCUT2D eigenvalue weighted by Gasteiger charge is 2.44. The molecule has 4 heterocycles. The van der Waals surface area contributed by atoms with E-state index in [0.717, 1.165) is 11.1 Å². The molecule has 9 heteroatoms. The van der Waals surface area contributed by atoms with Gasteiger partial charge in [0, 0.05) is 43.9 Å². The molecule has 152 valence electrons. The quantitative estimate of drug-likeness (QED) is 0.586. The van der Waals surface area contributed by atoms with Crippen molar-refractivity contribution in [2.24, 2.45) is 5.92 Å². The van der Waals surface area contributed by atoms with Gasteiger partial charge < -0.3 is 4.90 Å². The zero-order valence-corrected chi connectivity index (χ0v) is 16.4. The van der Waals surface area contributed by atoms with Crippen LogP contribution in [0.25, 0.3) is 0 Å². The van der Waals surface area contributed by atoms with Gasteiger partial charge in [0.2, 0.25) is 0 Å². The minimum Gasteiger partial charge on any atom is -0.336 e. The van der Waals surface area contributed by atoms with Gasteiger partial charge in [-0.15, -0.1) is 0 Å². The number of carbonyl (C=O) groups excluding carboxylic acids is 1. The first kappa shape index (κ1) is 18.4. The van der Waals surface area contributed by atoms with Crippen molar-refractivity contribution in [1.29, 1.82) is 0 Å². The average Bonchev–Trinajstić information content (AvgIpc) is 3.32. The monoisotopic (exact) mass is 404 g/mol. The van der Waals surface area contributed by atoms with E-state index >= 15 is 0 Å². The van der Waals surface area contributed by atoms with Crippen LogP contribution >= 0.6 is 0 Å². The number of rotatable bonds is 3. The molecule has 3 aromatic rings. The van der Waals surface area contributed by atoms with Crippen LogP contribution in [0.3, 0.4) is 0 Å². The Kier molecular flexibility index (Phi) is 4.30. The number of hydrogen-bond acceptors (Lipinski definition) is 6. The Hall–Kier alpha value is -3.62. The fourth-order valence-electron chi connectivity index (χ4n) is 4.30. The second kappa shape index (κ2) is 7.01. The number of aromatic nitrogens is 5. The third kappa shape index (κ3) is 3.02. The minimum atomic E-state index is -0.619. The first-order valence-electron chi connectivity index (χ1n) is 9.84. The maximum Gasteiger partial charge on any atom is 0.332 e. The highest BCUT2D eigenvalue weighted by Crippen LogP contribution is 2.37. The third-order valence-electron chi connectivity index (χ3n) is 5.87. The van der Waals surface area contributed by atoms with Crippen molar-refractivity contribution in [3.8, 4) is 0 Å². The van der Waals surface area contributed by atoms with E-state index < -0.39 is 11.1 Å². The lowest BCUT2D eigenvalue weighted by molar-refractivity contribution is 0.0776. The van der Waals surface area contributed by atoms with Gasteiger partial charge in [0.25, 0.3) is 5.91 Å². The fraction of sp³-hybridized carbons (Fsp3) is 0.333. The summed E-state index contributed by atoms with van der Waals surface area (Å²) in [5.41, 5.74) is 1.15. The normalized spacial score (nSPS) is 19.6. The minimum absolute atomic E-state index is 0.0560. The molecule has 2 aliphatic rings. The van der Waals surface area contributed by atoms with Gasteiger partial charge in [0.05, 0.1) is 12.7 Å². The fourth-order valence-corrected chi connectivity index (χ4v) is 4.30. The van der Waals surface area contributed by atoms with Gasteiger partial charge in [-0.2, -0.15) is 5.10 Å². The molecule has 0 N–H and O–H groups in total. The van der Waals surface area contributed by atoms with E-state index in [2.05, 4.69) is 15.1 Å². The summed E-state index contributed by atoms with van der Waals surface area (Å²) in [6, 6.07) is 7.77. The Morgan fingerprint density at radius 2 is 1.87 bits per heavy atom. The number of hydrogen-bond donors (Lipinski definition) is 0. The standard InChI is InChI=1S/C21H20N6O3/c1-13-2-4-14(5-3-13)9-27-21(30)20(29)26-11-15-10-25(12-16(15)18(26)24-27)19(28)17-8-22-6-7-23-17/h2-8,15-16H,9-12H2,1H3. The molecule has 2 aliphatic heterocycles. The van der Waals surface area contributed by atoms with Crippen LogP contribution in [0.15, 0.2) is 52.4 Å². The van der Waals surface area contributed by atoms with Gasteiger partial charge in [-0.3, -0.25) is 23.9 Å². The van der Waals surface area contributed by atoms with Crippen molar-refractivity contribution in [3.05, 3.63) is 86.2 Å². The Morgan fingerprint density at radius 1 is 1.07 bits per heavy atom. The smallest absolute Gasteiger partial charge is 0.332 e. The molecule has 1 amide bonds. The Morgan fingerprint density at radius 3 is 2.60 bits per heavy atom. The summed E-state index contributed by atoms with van der Waals surface area (Å²) in [5.74, 6) is 0.370. The van der Waals surface area contributed by atoms with Crippen LogP contribution < -0.4 is 11.1 Å². The van der Waals surface area contributed by atoms with Crippen LogP contribution in [0.2, 0.25) is 0 Å². The molecule has 0 radical (unpaired) electrons. The zero-order valence-electron chi connectivity index (χ0n) is 16.4. The van der Waals surface area contributed by atoms with Crippen LogP contribution in [-0.2, 0) is 13.1 Å². The molecular formula is C21H20N6O3. The van der Waals surface area contributed by atoms with Gasteiger partial charge in [-0.25, -0.2) is 9.67 Å². The van der Waals surface area contributed by atoms with Crippen LogP contribution in [0.1, 0.15) is 33.4 Å². The van der Waals surface area contributed by atoms with E-state index in [4.69, 9.17) is 0 Å². The van der Waals surface area contributed by atoms with Gasteiger partial charge in [0.1, 0.15) is 11.5 Å². The molecule has 0 aliphatic carbocycles. The highest BCUT2D eigenvalue weighted by atomic mass is 16.2. The zero-order chi connectivity index (χ0) is 20.8. The average molecular weight is 404 g/mol. The topological polar surface area (TPSA) is 103 Å². The molecule has 0 saturated carbocycles. The van der Waals surface area contributed by atoms with Crippen molar-refractivity contribution < 1.29 is 4.79 Å². The lowest BCUT2D eigenvalue weighted by atomic mass is 10.00. The largest absolute Gasteiger partial charge is 0.336 e. The number of aryl methyl sites for hydroxylation is 1. The van der Waals surface area contributed by atoms with Crippen molar-refractivity contribution in [1.82, 2.24) is 29.2 Å². The highest BCUT2D eigenvalue weighted by molar-refractivity contribution is 5.92. The van der Waals surface area contributed by atoms with Gasteiger partial charge >= 0.3 is 11.1 Å². The van der Waals surface area contributed by atoms with Crippen molar-refractivity contribution in [3.63, 3.8) is 0 Å². The van der Waals surface area contributed by atoms with E-state index in [-0.39, 0.29) is 24.3 Å². The number of nitrogens with zero attached hydrogens (tertiary/aromatic N) is 6.